The van der Waals surface area contributed by atoms with E-state index in [1.165, 1.54) is 28.6 Å². The predicted octanol–water partition coefficient (Wildman–Crippen LogP) is 4.30. The average Bonchev–Trinajstić information content (AvgIpc) is 2.92. The van der Waals surface area contributed by atoms with Crippen LogP contribution in [0, 0.1) is 5.41 Å². The fourth-order valence-corrected chi connectivity index (χ4v) is 6.38. The Hall–Kier alpha value is -1.34. The standard InChI is InChI=1S/C21H31N3O2S2/c1-20(2,3)12-21(4,5)23-15(25)11-27-19-22-17-16(18(26)24(19)6)13-9-7-8-10-14(13)28-17/h7-12H2,1-6H3,(H,23,25). The molecular formula is C21H31N3O2S2. The lowest BCUT2D eigenvalue weighted by Gasteiger charge is -2.33. The summed E-state index contributed by atoms with van der Waals surface area (Å²) in [6.45, 7) is 10.6. The number of aryl methyl sites for hydroxylation is 2. The summed E-state index contributed by atoms with van der Waals surface area (Å²) in [4.78, 5) is 32.3. The summed E-state index contributed by atoms with van der Waals surface area (Å²) < 4.78 is 1.60. The molecule has 154 valence electrons. The molecule has 1 amide bonds. The van der Waals surface area contributed by atoms with Gasteiger partial charge in [0.2, 0.25) is 5.91 Å². The van der Waals surface area contributed by atoms with Crippen LogP contribution in [-0.2, 0) is 24.7 Å². The van der Waals surface area contributed by atoms with Crippen molar-refractivity contribution in [2.45, 2.75) is 77.4 Å². The van der Waals surface area contributed by atoms with Gasteiger partial charge in [-0.3, -0.25) is 14.2 Å². The molecular weight excluding hydrogens is 390 g/mol. The zero-order valence-corrected chi connectivity index (χ0v) is 19.4. The van der Waals surface area contributed by atoms with Crippen LogP contribution in [0.1, 0.15) is 64.3 Å². The number of aromatic nitrogens is 2. The summed E-state index contributed by atoms with van der Waals surface area (Å²) in [6.07, 6.45) is 5.24. The van der Waals surface area contributed by atoms with Crippen LogP contribution in [0.2, 0.25) is 0 Å². The number of fused-ring (bicyclic) bond motifs is 3. The Morgan fingerprint density at radius 3 is 2.57 bits per heavy atom. The Balaban J connectivity index is 1.75. The van der Waals surface area contributed by atoms with Crippen molar-refractivity contribution in [2.75, 3.05) is 5.75 Å². The summed E-state index contributed by atoms with van der Waals surface area (Å²) in [7, 11) is 1.76. The molecule has 1 N–H and O–H groups in total. The van der Waals surface area contributed by atoms with Gasteiger partial charge in [-0.05, 0) is 56.9 Å². The van der Waals surface area contributed by atoms with Crippen molar-refractivity contribution in [3.63, 3.8) is 0 Å². The molecule has 0 atom stereocenters. The van der Waals surface area contributed by atoms with Gasteiger partial charge in [0.25, 0.3) is 5.56 Å². The summed E-state index contributed by atoms with van der Waals surface area (Å²) in [6, 6.07) is 0. The van der Waals surface area contributed by atoms with Crippen LogP contribution >= 0.6 is 23.1 Å². The molecule has 5 nitrogen and oxygen atoms in total. The van der Waals surface area contributed by atoms with Gasteiger partial charge >= 0.3 is 0 Å². The second kappa shape index (κ2) is 7.82. The highest BCUT2D eigenvalue weighted by Gasteiger charge is 2.27. The molecule has 0 saturated carbocycles. The number of thiophene rings is 1. The fourth-order valence-electron chi connectivity index (χ4n) is 4.31. The van der Waals surface area contributed by atoms with Crippen LogP contribution in [0.15, 0.2) is 9.95 Å². The lowest BCUT2D eigenvalue weighted by atomic mass is 9.82. The SMILES string of the molecule is Cn1c(SCC(=O)NC(C)(C)CC(C)(C)C)nc2sc3c(c2c1=O)CCCC3. The summed E-state index contributed by atoms with van der Waals surface area (Å²) >= 11 is 2.98. The van der Waals surface area contributed by atoms with Gasteiger partial charge in [-0.1, -0.05) is 32.5 Å². The quantitative estimate of drug-likeness (QED) is 0.578. The molecule has 3 rings (SSSR count). The van der Waals surface area contributed by atoms with Gasteiger partial charge in [-0.2, -0.15) is 0 Å². The first-order valence-electron chi connectivity index (χ1n) is 9.92. The minimum atomic E-state index is -0.272. The van der Waals surface area contributed by atoms with Gasteiger partial charge in [0, 0.05) is 17.5 Å². The predicted molar refractivity (Wildman–Crippen MR) is 119 cm³/mol. The van der Waals surface area contributed by atoms with E-state index in [0.717, 1.165) is 35.9 Å². The molecule has 0 saturated heterocycles. The van der Waals surface area contributed by atoms with Crippen LogP contribution in [-0.4, -0.2) is 26.8 Å². The van der Waals surface area contributed by atoms with Crippen molar-refractivity contribution in [1.29, 1.82) is 0 Å². The van der Waals surface area contributed by atoms with Crippen molar-refractivity contribution >= 4 is 39.2 Å². The maximum Gasteiger partial charge on any atom is 0.262 e. The molecule has 2 heterocycles. The van der Waals surface area contributed by atoms with Crippen LogP contribution in [0.4, 0.5) is 0 Å². The molecule has 0 spiro atoms. The number of thioether (sulfide) groups is 1. The Labute approximate surface area is 175 Å². The van der Waals surface area contributed by atoms with E-state index in [1.54, 1.807) is 23.0 Å². The third kappa shape index (κ3) is 4.79. The van der Waals surface area contributed by atoms with Crippen LogP contribution in [0.3, 0.4) is 0 Å². The van der Waals surface area contributed by atoms with E-state index < -0.39 is 0 Å². The molecule has 0 aliphatic heterocycles. The number of hydrogen-bond acceptors (Lipinski definition) is 5. The smallest absolute Gasteiger partial charge is 0.262 e. The highest BCUT2D eigenvalue weighted by Crippen LogP contribution is 2.34. The topological polar surface area (TPSA) is 64.0 Å². The van der Waals surface area contributed by atoms with E-state index in [2.05, 4.69) is 39.9 Å². The first kappa shape index (κ1) is 21.4. The minimum Gasteiger partial charge on any atom is -0.350 e. The molecule has 0 bridgehead atoms. The number of nitrogens with one attached hydrogen (secondary N) is 1. The van der Waals surface area contributed by atoms with Crippen LogP contribution in [0.25, 0.3) is 10.2 Å². The molecule has 2 aromatic heterocycles. The van der Waals surface area contributed by atoms with Gasteiger partial charge in [-0.25, -0.2) is 4.98 Å². The normalized spacial score (nSPS) is 14.9. The van der Waals surface area contributed by atoms with Crippen molar-refractivity contribution < 1.29 is 4.79 Å². The highest BCUT2D eigenvalue weighted by molar-refractivity contribution is 7.99. The number of nitrogens with zero attached hydrogens (tertiary/aromatic N) is 2. The lowest BCUT2D eigenvalue weighted by molar-refractivity contribution is -0.120. The first-order valence-corrected chi connectivity index (χ1v) is 11.7. The van der Waals surface area contributed by atoms with E-state index in [0.29, 0.717) is 5.16 Å². The minimum absolute atomic E-state index is 0.0142. The Morgan fingerprint density at radius 2 is 1.89 bits per heavy atom. The van der Waals surface area contributed by atoms with Gasteiger partial charge < -0.3 is 5.32 Å². The van der Waals surface area contributed by atoms with Gasteiger partial charge in [0.15, 0.2) is 5.16 Å². The van der Waals surface area contributed by atoms with Crippen LogP contribution in [0.5, 0.6) is 0 Å². The van der Waals surface area contributed by atoms with Crippen molar-refractivity contribution in [3.05, 3.63) is 20.8 Å². The van der Waals surface area contributed by atoms with E-state index in [-0.39, 0.29) is 28.2 Å². The van der Waals surface area contributed by atoms with E-state index in [9.17, 15) is 9.59 Å². The van der Waals surface area contributed by atoms with E-state index in [1.807, 2.05) is 0 Å². The molecule has 1 aliphatic rings. The third-order valence-electron chi connectivity index (χ3n) is 4.94. The van der Waals surface area contributed by atoms with E-state index in [4.69, 9.17) is 4.98 Å². The van der Waals surface area contributed by atoms with Crippen molar-refractivity contribution in [3.8, 4) is 0 Å². The molecule has 0 aromatic carbocycles. The zero-order valence-electron chi connectivity index (χ0n) is 17.8. The lowest BCUT2D eigenvalue weighted by Crippen LogP contribution is -2.46. The van der Waals surface area contributed by atoms with Gasteiger partial charge in [0.1, 0.15) is 4.83 Å². The second-order valence-corrected chi connectivity index (χ2v) is 11.6. The molecule has 0 radical (unpaired) electrons. The molecule has 7 heteroatoms. The van der Waals surface area contributed by atoms with Crippen molar-refractivity contribution in [1.82, 2.24) is 14.9 Å². The van der Waals surface area contributed by atoms with Crippen LogP contribution < -0.4 is 10.9 Å². The summed E-state index contributed by atoms with van der Waals surface area (Å²) in [5, 5.41) is 4.53. The van der Waals surface area contributed by atoms with Gasteiger partial charge in [-0.15, -0.1) is 11.3 Å². The van der Waals surface area contributed by atoms with E-state index >= 15 is 0 Å². The molecule has 1 aliphatic carbocycles. The number of carbonyl (C=O) groups is 1. The summed E-state index contributed by atoms with van der Waals surface area (Å²) in [5.41, 5.74) is 1.09. The average molecular weight is 422 g/mol. The Morgan fingerprint density at radius 1 is 1.21 bits per heavy atom. The Kier molecular flexibility index (Phi) is 5.97. The number of hydrogen-bond donors (Lipinski definition) is 1. The molecule has 2 aromatic rings. The Bertz CT molecular complexity index is 951. The monoisotopic (exact) mass is 421 g/mol. The largest absolute Gasteiger partial charge is 0.350 e. The fraction of sp³-hybridized carbons (Fsp3) is 0.667. The summed E-state index contributed by atoms with van der Waals surface area (Å²) in [5.74, 6) is 0.226. The maximum absolute atomic E-state index is 12.9. The second-order valence-electron chi connectivity index (χ2n) is 9.61. The highest BCUT2D eigenvalue weighted by atomic mass is 32.2. The molecule has 28 heavy (non-hydrogen) atoms. The zero-order chi connectivity index (χ0) is 20.7. The maximum atomic E-state index is 12.9. The van der Waals surface area contributed by atoms with Crippen molar-refractivity contribution in [2.24, 2.45) is 12.5 Å². The number of carbonyl (C=O) groups excluding carboxylic acids is 1. The molecule has 0 fully saturated rings. The first-order chi connectivity index (χ1) is 13.0. The number of amides is 1. The number of rotatable bonds is 5. The third-order valence-corrected chi connectivity index (χ3v) is 7.15. The van der Waals surface area contributed by atoms with Gasteiger partial charge in [0.05, 0.1) is 11.1 Å². The molecule has 0 unspecified atom stereocenters.